The Morgan fingerprint density at radius 1 is 0.892 bits per heavy atom. The summed E-state index contributed by atoms with van der Waals surface area (Å²) in [6.45, 7) is 0.580. The summed E-state index contributed by atoms with van der Waals surface area (Å²) in [4.78, 5) is 26.3. The molecule has 0 saturated heterocycles. The fraction of sp³-hybridized carbons (Fsp3) is 0.259. The molecule has 0 bridgehead atoms. The van der Waals surface area contributed by atoms with E-state index in [2.05, 4.69) is 15.9 Å². The number of methoxy groups -OCH3 is 1. The van der Waals surface area contributed by atoms with Crippen molar-refractivity contribution in [2.45, 2.75) is 30.6 Å². The molecule has 1 aliphatic rings. The third-order valence-electron chi connectivity index (χ3n) is 6.24. The molecule has 10 heteroatoms. The lowest BCUT2D eigenvalue weighted by Gasteiger charge is -2.26. The average Bonchev–Trinajstić information content (AvgIpc) is 3.13. The van der Waals surface area contributed by atoms with Gasteiger partial charge in [-0.1, -0.05) is 40.9 Å². The third-order valence-corrected chi connectivity index (χ3v) is 8.62. The normalized spacial score (nSPS) is 13.1. The van der Waals surface area contributed by atoms with E-state index in [1.54, 1.807) is 60.7 Å². The quantitative estimate of drug-likeness (QED) is 0.190. The van der Waals surface area contributed by atoms with E-state index in [1.165, 1.54) is 22.4 Å². The monoisotopic (exact) mass is 585 g/mol. The van der Waals surface area contributed by atoms with Crippen molar-refractivity contribution in [1.29, 1.82) is 0 Å². The van der Waals surface area contributed by atoms with Crippen LogP contribution in [0.2, 0.25) is 0 Å². The minimum Gasteiger partial charge on any atom is -0.495 e. The molecule has 0 fully saturated rings. The molecule has 1 aliphatic heterocycles. The van der Waals surface area contributed by atoms with Crippen LogP contribution in [0.15, 0.2) is 76.1 Å². The summed E-state index contributed by atoms with van der Waals surface area (Å²) in [5, 5.41) is 0. The van der Waals surface area contributed by atoms with Gasteiger partial charge in [0.15, 0.2) is 0 Å². The number of nitrogens with zero attached hydrogens (tertiary/aromatic N) is 2. The molecule has 0 aromatic heterocycles. The molecule has 0 atom stereocenters. The largest absolute Gasteiger partial charge is 0.495 e. The van der Waals surface area contributed by atoms with E-state index in [9.17, 15) is 18.0 Å². The first-order valence-corrected chi connectivity index (χ1v) is 14.1. The van der Waals surface area contributed by atoms with Crippen LogP contribution >= 0.6 is 15.9 Å². The predicted molar refractivity (Wildman–Crippen MR) is 146 cm³/mol. The molecule has 0 saturated carbocycles. The Hall–Kier alpha value is -3.37. The number of sulfonamides is 1. The zero-order valence-electron chi connectivity index (χ0n) is 20.4. The number of imide groups is 1. The number of ether oxygens (including phenoxy) is 1. The molecule has 37 heavy (non-hydrogen) atoms. The van der Waals surface area contributed by atoms with Crippen LogP contribution in [0.3, 0.4) is 0 Å². The predicted octanol–water partition coefficient (Wildman–Crippen LogP) is 5.09. The zero-order chi connectivity index (χ0) is 26.6. The number of nitrogens with two attached hydrogens (primary N) is 1. The van der Waals surface area contributed by atoms with Gasteiger partial charge in [-0.3, -0.25) is 18.8 Å². The average molecular weight is 587 g/mol. The standard InChI is InChI=1S/C27H28BrN3O5S/c1-36-24-15-12-20(29)18-25(24)37(34,35)31(21-13-10-19(28)11-14-21)17-7-3-2-6-16-30-26(32)22-8-4-5-9-23(22)27(30)33/h4-5,8-15,18H,2-3,6-7,16-17,29H2,1H3. The molecule has 8 nitrogen and oxygen atoms in total. The van der Waals surface area contributed by atoms with E-state index >= 15 is 0 Å². The molecule has 0 spiro atoms. The molecule has 0 radical (unpaired) electrons. The maximum absolute atomic E-state index is 13.7. The first-order valence-electron chi connectivity index (χ1n) is 11.9. The Balaban J connectivity index is 1.41. The van der Waals surface area contributed by atoms with Gasteiger partial charge in [0, 0.05) is 23.2 Å². The number of hydrogen-bond acceptors (Lipinski definition) is 6. The van der Waals surface area contributed by atoms with Crippen LogP contribution in [0.4, 0.5) is 11.4 Å². The van der Waals surface area contributed by atoms with Crippen LogP contribution < -0.4 is 14.8 Å². The van der Waals surface area contributed by atoms with Gasteiger partial charge in [-0.05, 0) is 67.4 Å². The van der Waals surface area contributed by atoms with Crippen LogP contribution in [0, 0.1) is 0 Å². The highest BCUT2D eigenvalue weighted by atomic mass is 79.9. The van der Waals surface area contributed by atoms with Gasteiger partial charge >= 0.3 is 0 Å². The van der Waals surface area contributed by atoms with E-state index in [1.807, 2.05) is 0 Å². The summed E-state index contributed by atoms with van der Waals surface area (Å²) in [6, 6.07) is 18.4. The molecule has 0 unspecified atom stereocenters. The molecule has 3 aromatic carbocycles. The molecular weight excluding hydrogens is 558 g/mol. The summed E-state index contributed by atoms with van der Waals surface area (Å²) >= 11 is 3.39. The minimum absolute atomic E-state index is 0.00328. The van der Waals surface area contributed by atoms with Gasteiger partial charge in [0.05, 0.1) is 23.9 Å². The van der Waals surface area contributed by atoms with Crippen molar-refractivity contribution in [3.8, 4) is 5.75 Å². The topological polar surface area (TPSA) is 110 Å². The van der Waals surface area contributed by atoms with Crippen LogP contribution in [0.25, 0.3) is 0 Å². The number of hydrogen-bond donors (Lipinski definition) is 1. The zero-order valence-corrected chi connectivity index (χ0v) is 22.8. The second-order valence-corrected chi connectivity index (χ2v) is 11.4. The van der Waals surface area contributed by atoms with Crippen molar-refractivity contribution in [2.75, 3.05) is 30.2 Å². The van der Waals surface area contributed by atoms with Crippen molar-refractivity contribution in [3.63, 3.8) is 0 Å². The fourth-order valence-electron chi connectivity index (χ4n) is 4.33. The highest BCUT2D eigenvalue weighted by molar-refractivity contribution is 9.10. The Bertz CT molecular complexity index is 1370. The summed E-state index contributed by atoms with van der Waals surface area (Å²) < 4.78 is 34.9. The summed E-state index contributed by atoms with van der Waals surface area (Å²) in [5.74, 6) is -0.300. The second-order valence-electron chi connectivity index (χ2n) is 8.69. The number of rotatable bonds is 11. The Morgan fingerprint density at radius 2 is 1.51 bits per heavy atom. The highest BCUT2D eigenvalue weighted by Gasteiger charge is 2.34. The minimum atomic E-state index is -3.97. The van der Waals surface area contributed by atoms with E-state index in [0.717, 1.165) is 17.3 Å². The smallest absolute Gasteiger partial charge is 0.268 e. The van der Waals surface area contributed by atoms with Crippen molar-refractivity contribution in [3.05, 3.63) is 82.3 Å². The highest BCUT2D eigenvalue weighted by Crippen LogP contribution is 2.32. The Kier molecular flexibility index (Phi) is 8.19. The van der Waals surface area contributed by atoms with Gasteiger partial charge in [-0.25, -0.2) is 8.42 Å². The molecule has 1 heterocycles. The van der Waals surface area contributed by atoms with Crippen molar-refractivity contribution in [1.82, 2.24) is 4.90 Å². The van der Waals surface area contributed by atoms with Crippen LogP contribution in [-0.2, 0) is 10.0 Å². The fourth-order valence-corrected chi connectivity index (χ4v) is 6.29. The number of anilines is 2. The van der Waals surface area contributed by atoms with Gasteiger partial charge in [0.1, 0.15) is 10.6 Å². The van der Waals surface area contributed by atoms with Gasteiger partial charge < -0.3 is 10.5 Å². The van der Waals surface area contributed by atoms with Crippen LogP contribution in [0.5, 0.6) is 5.75 Å². The molecule has 3 aromatic rings. The number of unbranched alkanes of at least 4 members (excludes halogenated alkanes) is 3. The van der Waals surface area contributed by atoms with E-state index in [0.29, 0.717) is 41.9 Å². The summed E-state index contributed by atoms with van der Waals surface area (Å²) in [7, 11) is -2.55. The third kappa shape index (κ3) is 5.65. The van der Waals surface area contributed by atoms with Gasteiger partial charge in [-0.15, -0.1) is 0 Å². The lowest BCUT2D eigenvalue weighted by atomic mass is 10.1. The van der Waals surface area contributed by atoms with Gasteiger partial charge in [0.2, 0.25) is 0 Å². The van der Waals surface area contributed by atoms with Crippen molar-refractivity contribution >= 4 is 49.1 Å². The van der Waals surface area contributed by atoms with Gasteiger partial charge in [-0.2, -0.15) is 0 Å². The van der Waals surface area contributed by atoms with E-state index < -0.39 is 10.0 Å². The molecule has 2 N–H and O–H groups in total. The first kappa shape index (κ1) is 26.7. The number of nitrogen functional groups attached to an aromatic ring is 1. The number of benzene rings is 3. The number of halogens is 1. The molecule has 194 valence electrons. The maximum atomic E-state index is 13.7. The second kappa shape index (κ2) is 11.4. The summed E-state index contributed by atoms with van der Waals surface area (Å²) in [5.41, 5.74) is 7.63. The molecular formula is C27H28BrN3O5S. The van der Waals surface area contributed by atoms with Crippen molar-refractivity contribution < 1.29 is 22.7 Å². The van der Waals surface area contributed by atoms with E-state index in [4.69, 9.17) is 10.5 Å². The number of carbonyl (C=O) groups excluding carboxylic acids is 2. The Morgan fingerprint density at radius 3 is 2.14 bits per heavy atom. The lowest BCUT2D eigenvalue weighted by Crippen LogP contribution is -2.32. The SMILES string of the molecule is COc1ccc(N)cc1S(=O)(=O)N(CCCCCCN1C(=O)c2ccccc2C1=O)c1ccc(Br)cc1. The van der Waals surface area contributed by atoms with Crippen LogP contribution in [-0.4, -0.2) is 45.3 Å². The molecule has 0 aliphatic carbocycles. The number of amides is 2. The number of fused-ring (bicyclic) bond motifs is 1. The van der Waals surface area contributed by atoms with Gasteiger partial charge in [0.25, 0.3) is 21.8 Å². The number of carbonyl (C=O) groups is 2. The van der Waals surface area contributed by atoms with Crippen molar-refractivity contribution in [2.24, 2.45) is 0 Å². The maximum Gasteiger partial charge on any atom is 0.268 e. The van der Waals surface area contributed by atoms with Crippen LogP contribution in [0.1, 0.15) is 46.4 Å². The van der Waals surface area contributed by atoms with E-state index in [-0.39, 0.29) is 29.0 Å². The first-order chi connectivity index (χ1) is 17.7. The summed E-state index contributed by atoms with van der Waals surface area (Å²) in [6.07, 6.45) is 2.69. The molecule has 4 rings (SSSR count). The lowest BCUT2D eigenvalue weighted by molar-refractivity contribution is 0.0651. The molecule has 2 amide bonds. The Labute approximate surface area is 225 Å².